The van der Waals surface area contributed by atoms with E-state index in [2.05, 4.69) is 25.5 Å². The van der Waals surface area contributed by atoms with Gasteiger partial charge in [-0.3, -0.25) is 5.32 Å². The number of hydrogen-bond acceptors (Lipinski definition) is 6. The van der Waals surface area contributed by atoms with Gasteiger partial charge in [-0.05, 0) is 23.8 Å². The summed E-state index contributed by atoms with van der Waals surface area (Å²) in [4.78, 5) is 15.4. The zero-order valence-electron chi connectivity index (χ0n) is 13.7. The predicted octanol–water partition coefficient (Wildman–Crippen LogP) is 2.95. The van der Waals surface area contributed by atoms with Crippen molar-refractivity contribution >= 4 is 35.7 Å². The lowest BCUT2D eigenvalue weighted by Crippen LogP contribution is -2.10. The number of amides is 1. The Hall–Kier alpha value is -3.00. The van der Waals surface area contributed by atoms with Gasteiger partial charge < -0.3 is 14.8 Å². The quantitative estimate of drug-likeness (QED) is 0.724. The van der Waals surface area contributed by atoms with Crippen LogP contribution in [0.5, 0.6) is 5.88 Å². The van der Waals surface area contributed by atoms with Crippen LogP contribution >= 0.6 is 12.4 Å². The standard InChI is InChI=1S/C16H17N5O3.ClH/c1-17-12-5-3-4-11(8-12)10-24-15-7-6-14-18-13(9-21(14)20-15)19-16(22)23-2;/h3-9,17H,10H2,1-2H3,(H,19,22);1H. The number of benzene rings is 1. The highest BCUT2D eigenvalue weighted by Gasteiger charge is 2.07. The highest BCUT2D eigenvalue weighted by Crippen LogP contribution is 2.15. The molecule has 0 aliphatic rings. The third-order valence-electron chi connectivity index (χ3n) is 3.31. The third kappa shape index (κ3) is 4.51. The molecule has 2 heterocycles. The van der Waals surface area contributed by atoms with Crippen molar-refractivity contribution in [2.45, 2.75) is 6.61 Å². The lowest BCUT2D eigenvalue weighted by atomic mass is 10.2. The molecule has 0 aliphatic heterocycles. The zero-order valence-corrected chi connectivity index (χ0v) is 14.5. The minimum atomic E-state index is -0.584. The number of nitrogens with one attached hydrogen (secondary N) is 2. The summed E-state index contributed by atoms with van der Waals surface area (Å²) in [6.45, 7) is 0.399. The smallest absolute Gasteiger partial charge is 0.412 e. The van der Waals surface area contributed by atoms with E-state index in [4.69, 9.17) is 4.74 Å². The Balaban J connectivity index is 0.00000225. The van der Waals surface area contributed by atoms with Gasteiger partial charge in [0.2, 0.25) is 5.88 Å². The molecule has 0 fully saturated rings. The normalized spacial score (nSPS) is 10.0. The molecule has 0 radical (unpaired) electrons. The van der Waals surface area contributed by atoms with Crippen molar-refractivity contribution in [2.24, 2.45) is 0 Å². The van der Waals surface area contributed by atoms with Crippen LogP contribution in [0.3, 0.4) is 0 Å². The van der Waals surface area contributed by atoms with Gasteiger partial charge in [-0.2, -0.15) is 0 Å². The Morgan fingerprint density at radius 2 is 2.12 bits per heavy atom. The van der Waals surface area contributed by atoms with Crippen molar-refractivity contribution in [1.29, 1.82) is 0 Å². The Kier molecular flexibility index (Phi) is 6.02. The van der Waals surface area contributed by atoms with E-state index in [-0.39, 0.29) is 12.4 Å². The minimum Gasteiger partial charge on any atom is -0.472 e. The third-order valence-corrected chi connectivity index (χ3v) is 3.31. The second-order valence-electron chi connectivity index (χ2n) is 4.96. The summed E-state index contributed by atoms with van der Waals surface area (Å²) in [6.07, 6.45) is 1.00. The molecular formula is C16H18ClN5O3. The van der Waals surface area contributed by atoms with Gasteiger partial charge >= 0.3 is 6.09 Å². The number of ether oxygens (including phenoxy) is 2. The maximum Gasteiger partial charge on any atom is 0.412 e. The van der Waals surface area contributed by atoms with Crippen LogP contribution in [-0.2, 0) is 11.3 Å². The molecule has 0 atom stereocenters. The minimum absolute atomic E-state index is 0. The van der Waals surface area contributed by atoms with Crippen molar-refractivity contribution in [1.82, 2.24) is 14.6 Å². The fourth-order valence-corrected chi connectivity index (χ4v) is 2.13. The first-order valence-electron chi connectivity index (χ1n) is 7.29. The van der Waals surface area contributed by atoms with Crippen LogP contribution in [0, 0.1) is 0 Å². The maximum absolute atomic E-state index is 11.2. The molecule has 1 aromatic carbocycles. The van der Waals surface area contributed by atoms with Crippen molar-refractivity contribution in [3.8, 4) is 5.88 Å². The molecular weight excluding hydrogens is 346 g/mol. The first kappa shape index (κ1) is 18.3. The lowest BCUT2D eigenvalue weighted by Gasteiger charge is -2.07. The van der Waals surface area contributed by atoms with Gasteiger partial charge in [0.15, 0.2) is 11.5 Å². The second kappa shape index (κ2) is 8.20. The molecule has 25 heavy (non-hydrogen) atoms. The SMILES string of the molecule is CNc1cccc(COc2ccc3nc(NC(=O)OC)cn3n2)c1.Cl. The molecule has 1 amide bonds. The number of carbonyl (C=O) groups is 1. The van der Waals surface area contributed by atoms with E-state index in [0.717, 1.165) is 11.3 Å². The molecule has 8 nitrogen and oxygen atoms in total. The molecule has 0 bridgehead atoms. The molecule has 3 rings (SSSR count). The molecule has 2 N–H and O–H groups in total. The summed E-state index contributed by atoms with van der Waals surface area (Å²) in [7, 11) is 3.16. The van der Waals surface area contributed by atoms with Crippen molar-refractivity contribution in [2.75, 3.05) is 24.8 Å². The van der Waals surface area contributed by atoms with Crippen molar-refractivity contribution in [3.05, 3.63) is 48.2 Å². The summed E-state index contributed by atoms with van der Waals surface area (Å²) in [6, 6.07) is 11.4. The van der Waals surface area contributed by atoms with Gasteiger partial charge in [-0.15, -0.1) is 17.5 Å². The molecule has 3 aromatic rings. The Bertz CT molecular complexity index is 868. The van der Waals surface area contributed by atoms with Crippen LogP contribution in [0.2, 0.25) is 0 Å². The summed E-state index contributed by atoms with van der Waals surface area (Å²) in [5.41, 5.74) is 2.64. The average Bonchev–Trinajstić information content (AvgIpc) is 3.01. The van der Waals surface area contributed by atoms with E-state index in [0.29, 0.717) is 24.0 Å². The van der Waals surface area contributed by atoms with E-state index < -0.39 is 6.09 Å². The Morgan fingerprint density at radius 3 is 2.88 bits per heavy atom. The van der Waals surface area contributed by atoms with E-state index in [1.54, 1.807) is 18.3 Å². The number of imidazole rings is 1. The highest BCUT2D eigenvalue weighted by molar-refractivity contribution is 5.85. The van der Waals surface area contributed by atoms with E-state index in [9.17, 15) is 4.79 Å². The van der Waals surface area contributed by atoms with Crippen LogP contribution in [-0.4, -0.2) is 34.8 Å². The number of nitrogens with zero attached hydrogens (tertiary/aromatic N) is 3. The monoisotopic (exact) mass is 363 g/mol. The zero-order chi connectivity index (χ0) is 16.9. The fraction of sp³-hybridized carbons (Fsp3) is 0.188. The maximum atomic E-state index is 11.2. The molecule has 0 saturated heterocycles. The fourth-order valence-electron chi connectivity index (χ4n) is 2.13. The van der Waals surface area contributed by atoms with Crippen LogP contribution in [0.25, 0.3) is 5.65 Å². The van der Waals surface area contributed by atoms with E-state index >= 15 is 0 Å². The number of methoxy groups -OCH3 is 1. The summed E-state index contributed by atoms with van der Waals surface area (Å²) in [5.74, 6) is 0.813. The van der Waals surface area contributed by atoms with E-state index in [1.807, 2.05) is 31.3 Å². The predicted molar refractivity (Wildman–Crippen MR) is 96.6 cm³/mol. The number of anilines is 2. The van der Waals surface area contributed by atoms with E-state index in [1.165, 1.54) is 11.6 Å². The molecule has 0 spiro atoms. The molecule has 0 aliphatic carbocycles. The lowest BCUT2D eigenvalue weighted by molar-refractivity contribution is 0.187. The average molecular weight is 364 g/mol. The first-order chi connectivity index (χ1) is 11.7. The number of aromatic nitrogens is 3. The second-order valence-corrected chi connectivity index (χ2v) is 4.96. The topological polar surface area (TPSA) is 89.8 Å². The molecule has 2 aromatic heterocycles. The number of carbonyl (C=O) groups excluding carboxylic acids is 1. The van der Waals surface area contributed by atoms with Crippen molar-refractivity contribution in [3.63, 3.8) is 0 Å². The van der Waals surface area contributed by atoms with Crippen LogP contribution < -0.4 is 15.4 Å². The first-order valence-corrected chi connectivity index (χ1v) is 7.29. The van der Waals surface area contributed by atoms with Crippen LogP contribution in [0.1, 0.15) is 5.56 Å². The van der Waals surface area contributed by atoms with Gasteiger partial charge in [-0.25, -0.2) is 14.3 Å². The van der Waals surface area contributed by atoms with Crippen molar-refractivity contribution < 1.29 is 14.3 Å². The highest BCUT2D eigenvalue weighted by atomic mass is 35.5. The number of halogens is 1. The summed E-state index contributed by atoms with van der Waals surface area (Å²) >= 11 is 0. The molecule has 0 unspecified atom stereocenters. The molecule has 0 saturated carbocycles. The molecule has 132 valence electrons. The molecule has 9 heteroatoms. The van der Waals surface area contributed by atoms with Gasteiger partial charge in [0, 0.05) is 18.8 Å². The van der Waals surface area contributed by atoms with Crippen LogP contribution in [0.4, 0.5) is 16.3 Å². The van der Waals surface area contributed by atoms with Gasteiger partial charge in [0.05, 0.1) is 13.3 Å². The van der Waals surface area contributed by atoms with Gasteiger partial charge in [-0.1, -0.05) is 12.1 Å². The van der Waals surface area contributed by atoms with Crippen LogP contribution in [0.15, 0.2) is 42.6 Å². The number of fused-ring (bicyclic) bond motifs is 1. The largest absolute Gasteiger partial charge is 0.472 e. The Labute approximate surface area is 150 Å². The summed E-state index contributed by atoms with van der Waals surface area (Å²) in [5, 5.41) is 9.89. The summed E-state index contributed by atoms with van der Waals surface area (Å²) < 4.78 is 11.8. The number of hydrogen-bond donors (Lipinski definition) is 2. The number of rotatable bonds is 5. The Morgan fingerprint density at radius 1 is 1.28 bits per heavy atom. The van der Waals surface area contributed by atoms with Gasteiger partial charge in [0.25, 0.3) is 0 Å². The van der Waals surface area contributed by atoms with Gasteiger partial charge in [0.1, 0.15) is 6.61 Å².